The fraction of sp³-hybridized carbons (Fsp3) is 0.154. The third kappa shape index (κ3) is 2.14. The van der Waals surface area contributed by atoms with E-state index in [0.717, 1.165) is 16.9 Å². The molecule has 2 aromatic rings. The summed E-state index contributed by atoms with van der Waals surface area (Å²) in [5.41, 5.74) is 8.04. The summed E-state index contributed by atoms with van der Waals surface area (Å²) < 4.78 is 0. The van der Waals surface area contributed by atoms with Gasteiger partial charge in [0.05, 0.1) is 0 Å². The van der Waals surface area contributed by atoms with Gasteiger partial charge in [-0.15, -0.1) is 0 Å². The van der Waals surface area contributed by atoms with E-state index in [0.29, 0.717) is 5.82 Å². The van der Waals surface area contributed by atoms with Crippen LogP contribution in [0.3, 0.4) is 0 Å². The van der Waals surface area contributed by atoms with E-state index in [1.165, 1.54) is 0 Å². The van der Waals surface area contributed by atoms with Crippen LogP contribution < -0.4 is 10.6 Å². The molecule has 1 heterocycles. The molecule has 0 atom stereocenters. The minimum atomic E-state index is 0.546. The van der Waals surface area contributed by atoms with Gasteiger partial charge in [-0.05, 0) is 23.3 Å². The molecule has 0 fully saturated rings. The Bertz CT molecular complexity index is 478. The SMILES string of the molecule is CN(C)c1cc(-c2ccccc2)cc(N)n1. The molecule has 2 rings (SSSR count). The van der Waals surface area contributed by atoms with Gasteiger partial charge in [0.2, 0.25) is 0 Å². The molecule has 3 nitrogen and oxygen atoms in total. The van der Waals surface area contributed by atoms with Crippen LogP contribution in [0.4, 0.5) is 11.6 Å². The van der Waals surface area contributed by atoms with Gasteiger partial charge in [0.1, 0.15) is 11.6 Å². The molecule has 0 aliphatic rings. The van der Waals surface area contributed by atoms with Gasteiger partial charge in [-0.1, -0.05) is 30.3 Å². The van der Waals surface area contributed by atoms with Gasteiger partial charge in [0.25, 0.3) is 0 Å². The van der Waals surface area contributed by atoms with E-state index in [-0.39, 0.29) is 0 Å². The van der Waals surface area contributed by atoms with Crippen molar-refractivity contribution < 1.29 is 0 Å². The van der Waals surface area contributed by atoms with Crippen molar-refractivity contribution in [3.05, 3.63) is 42.5 Å². The predicted octanol–water partition coefficient (Wildman–Crippen LogP) is 2.40. The molecule has 0 aliphatic carbocycles. The molecule has 0 radical (unpaired) electrons. The fourth-order valence-electron chi connectivity index (χ4n) is 1.56. The molecule has 3 heteroatoms. The number of hydrogen-bond acceptors (Lipinski definition) is 3. The summed E-state index contributed by atoms with van der Waals surface area (Å²) in [7, 11) is 3.91. The predicted molar refractivity (Wildman–Crippen MR) is 68.4 cm³/mol. The second-order valence-electron chi connectivity index (χ2n) is 3.90. The van der Waals surface area contributed by atoms with Gasteiger partial charge >= 0.3 is 0 Å². The van der Waals surface area contributed by atoms with E-state index >= 15 is 0 Å². The van der Waals surface area contributed by atoms with Crippen LogP contribution >= 0.6 is 0 Å². The van der Waals surface area contributed by atoms with Crippen LogP contribution in [0.25, 0.3) is 11.1 Å². The molecule has 0 spiro atoms. The van der Waals surface area contributed by atoms with Gasteiger partial charge in [0, 0.05) is 14.1 Å². The first-order valence-electron chi connectivity index (χ1n) is 5.17. The van der Waals surface area contributed by atoms with Crippen LogP contribution in [-0.2, 0) is 0 Å². The Morgan fingerprint density at radius 1 is 1.00 bits per heavy atom. The van der Waals surface area contributed by atoms with Crippen LogP contribution in [0, 0.1) is 0 Å². The van der Waals surface area contributed by atoms with Crippen molar-refractivity contribution in [2.75, 3.05) is 24.7 Å². The van der Waals surface area contributed by atoms with Crippen molar-refractivity contribution in [2.45, 2.75) is 0 Å². The molecular formula is C13H15N3. The van der Waals surface area contributed by atoms with Crippen molar-refractivity contribution >= 4 is 11.6 Å². The standard InChI is InChI=1S/C13H15N3/c1-16(2)13-9-11(8-12(14)15-13)10-6-4-3-5-7-10/h3-9H,1-2H3,(H2,14,15). The van der Waals surface area contributed by atoms with E-state index in [1.54, 1.807) is 0 Å². The van der Waals surface area contributed by atoms with Crippen molar-refractivity contribution in [1.29, 1.82) is 0 Å². The molecule has 0 saturated carbocycles. The summed E-state index contributed by atoms with van der Waals surface area (Å²) in [6.45, 7) is 0. The number of hydrogen-bond donors (Lipinski definition) is 1. The number of aromatic nitrogens is 1. The van der Waals surface area contributed by atoms with Gasteiger partial charge < -0.3 is 10.6 Å². The molecule has 1 aromatic heterocycles. The van der Waals surface area contributed by atoms with E-state index in [2.05, 4.69) is 17.1 Å². The van der Waals surface area contributed by atoms with Crippen LogP contribution in [-0.4, -0.2) is 19.1 Å². The van der Waals surface area contributed by atoms with Gasteiger partial charge in [0.15, 0.2) is 0 Å². The monoisotopic (exact) mass is 213 g/mol. The smallest absolute Gasteiger partial charge is 0.131 e. The second-order valence-corrected chi connectivity index (χ2v) is 3.90. The molecule has 0 bridgehead atoms. The van der Waals surface area contributed by atoms with Crippen LogP contribution in [0.2, 0.25) is 0 Å². The summed E-state index contributed by atoms with van der Waals surface area (Å²) in [5, 5.41) is 0. The number of benzene rings is 1. The highest BCUT2D eigenvalue weighted by Crippen LogP contribution is 2.24. The fourth-order valence-corrected chi connectivity index (χ4v) is 1.56. The van der Waals surface area contributed by atoms with Crippen LogP contribution in [0.15, 0.2) is 42.5 Å². The lowest BCUT2D eigenvalue weighted by Gasteiger charge is -2.13. The number of nitrogen functional groups attached to an aromatic ring is 1. The average Bonchev–Trinajstić information content (AvgIpc) is 2.29. The van der Waals surface area contributed by atoms with Crippen molar-refractivity contribution in [1.82, 2.24) is 4.98 Å². The minimum Gasteiger partial charge on any atom is -0.384 e. The topological polar surface area (TPSA) is 42.1 Å². The molecule has 82 valence electrons. The molecular weight excluding hydrogens is 198 g/mol. The molecule has 16 heavy (non-hydrogen) atoms. The lowest BCUT2D eigenvalue weighted by Crippen LogP contribution is -2.11. The van der Waals surface area contributed by atoms with E-state index in [4.69, 9.17) is 5.73 Å². The third-order valence-corrected chi connectivity index (χ3v) is 2.40. The lowest BCUT2D eigenvalue weighted by atomic mass is 10.1. The van der Waals surface area contributed by atoms with Crippen LogP contribution in [0.1, 0.15) is 0 Å². The Hall–Kier alpha value is -2.03. The zero-order valence-corrected chi connectivity index (χ0v) is 9.51. The minimum absolute atomic E-state index is 0.546. The maximum atomic E-state index is 5.80. The highest BCUT2D eigenvalue weighted by molar-refractivity contribution is 5.69. The number of anilines is 2. The van der Waals surface area contributed by atoms with Crippen molar-refractivity contribution in [2.24, 2.45) is 0 Å². The summed E-state index contributed by atoms with van der Waals surface area (Å²) in [5.74, 6) is 1.42. The average molecular weight is 213 g/mol. The van der Waals surface area contributed by atoms with E-state index in [1.807, 2.05) is 49.3 Å². The molecule has 0 aliphatic heterocycles. The van der Waals surface area contributed by atoms with Crippen molar-refractivity contribution in [3.8, 4) is 11.1 Å². The first kappa shape index (κ1) is 10.5. The zero-order chi connectivity index (χ0) is 11.5. The Balaban J connectivity index is 2.50. The molecule has 2 N–H and O–H groups in total. The van der Waals surface area contributed by atoms with Crippen LogP contribution in [0.5, 0.6) is 0 Å². The molecule has 0 unspecified atom stereocenters. The van der Waals surface area contributed by atoms with E-state index < -0.39 is 0 Å². The number of rotatable bonds is 2. The molecule has 1 aromatic carbocycles. The summed E-state index contributed by atoms with van der Waals surface area (Å²) in [6.07, 6.45) is 0. The molecule has 0 saturated heterocycles. The first-order valence-corrected chi connectivity index (χ1v) is 5.17. The molecule has 0 amide bonds. The maximum Gasteiger partial charge on any atom is 0.131 e. The summed E-state index contributed by atoms with van der Waals surface area (Å²) in [4.78, 5) is 6.21. The summed E-state index contributed by atoms with van der Waals surface area (Å²) >= 11 is 0. The quantitative estimate of drug-likeness (QED) is 0.833. The first-order chi connectivity index (χ1) is 7.66. The zero-order valence-electron chi connectivity index (χ0n) is 9.51. The number of pyridine rings is 1. The second kappa shape index (κ2) is 4.23. The Morgan fingerprint density at radius 3 is 2.31 bits per heavy atom. The Labute approximate surface area is 95.5 Å². The van der Waals surface area contributed by atoms with Crippen molar-refractivity contribution in [3.63, 3.8) is 0 Å². The maximum absolute atomic E-state index is 5.80. The number of nitrogens with zero attached hydrogens (tertiary/aromatic N) is 2. The van der Waals surface area contributed by atoms with Gasteiger partial charge in [-0.25, -0.2) is 4.98 Å². The Morgan fingerprint density at radius 2 is 1.69 bits per heavy atom. The highest BCUT2D eigenvalue weighted by atomic mass is 15.1. The van der Waals surface area contributed by atoms with Gasteiger partial charge in [-0.2, -0.15) is 0 Å². The number of nitrogens with two attached hydrogens (primary N) is 1. The van der Waals surface area contributed by atoms with E-state index in [9.17, 15) is 0 Å². The third-order valence-electron chi connectivity index (χ3n) is 2.40. The summed E-state index contributed by atoms with van der Waals surface area (Å²) in [6, 6.07) is 14.1. The normalized spacial score (nSPS) is 10.1. The Kier molecular flexibility index (Phi) is 2.77. The van der Waals surface area contributed by atoms with Gasteiger partial charge in [-0.3, -0.25) is 0 Å². The largest absolute Gasteiger partial charge is 0.384 e. The lowest BCUT2D eigenvalue weighted by molar-refractivity contribution is 1.07. The highest BCUT2D eigenvalue weighted by Gasteiger charge is 2.03.